The quantitative estimate of drug-likeness (QED) is 0.899. The number of nitrogens with one attached hydrogen (secondary N) is 1. The van der Waals surface area contributed by atoms with Gasteiger partial charge in [-0.05, 0) is 44.5 Å². The smallest absolute Gasteiger partial charge is 0.255 e. The summed E-state index contributed by atoms with van der Waals surface area (Å²) in [7, 11) is 0. The Labute approximate surface area is 116 Å². The molecule has 0 aliphatic rings. The van der Waals surface area contributed by atoms with Gasteiger partial charge in [0.15, 0.2) is 0 Å². The summed E-state index contributed by atoms with van der Waals surface area (Å²) >= 11 is 1.66. The number of carbonyl (C=O) groups excluding carboxylic acids is 1. The van der Waals surface area contributed by atoms with Crippen molar-refractivity contribution in [1.29, 1.82) is 0 Å². The largest absolute Gasteiger partial charge is 0.507 e. The zero-order valence-corrected chi connectivity index (χ0v) is 12.0. The third-order valence-electron chi connectivity index (χ3n) is 3.02. The number of hydrogen-bond donors (Lipinski definition) is 2. The van der Waals surface area contributed by atoms with Gasteiger partial charge in [-0.1, -0.05) is 12.1 Å². The van der Waals surface area contributed by atoms with Crippen LogP contribution in [0.1, 0.15) is 38.6 Å². The van der Waals surface area contributed by atoms with Crippen molar-refractivity contribution in [3.63, 3.8) is 0 Å². The fraction of sp³-hybridized carbons (Fsp3) is 0.267. The number of aromatic hydroxyl groups is 1. The SMILES string of the molecule is Cc1ccc(C(C)NC(=O)c2cccc(C)c2O)s1. The summed E-state index contributed by atoms with van der Waals surface area (Å²) in [4.78, 5) is 14.5. The van der Waals surface area contributed by atoms with Crippen LogP contribution in [0.2, 0.25) is 0 Å². The number of rotatable bonds is 3. The first kappa shape index (κ1) is 13.6. The molecule has 1 aromatic carbocycles. The molecule has 0 saturated carbocycles. The van der Waals surface area contributed by atoms with Crippen LogP contribution in [0.25, 0.3) is 0 Å². The van der Waals surface area contributed by atoms with Crippen LogP contribution in [0.15, 0.2) is 30.3 Å². The highest BCUT2D eigenvalue weighted by atomic mass is 32.1. The zero-order valence-electron chi connectivity index (χ0n) is 11.2. The lowest BCUT2D eigenvalue weighted by Gasteiger charge is -2.13. The number of aryl methyl sites for hydroxylation is 2. The molecule has 100 valence electrons. The predicted molar refractivity (Wildman–Crippen MR) is 77.8 cm³/mol. The Kier molecular flexibility index (Phi) is 3.90. The number of thiophene rings is 1. The molecule has 0 fully saturated rings. The van der Waals surface area contributed by atoms with Gasteiger partial charge in [-0.25, -0.2) is 0 Å². The van der Waals surface area contributed by atoms with Crippen LogP contribution < -0.4 is 5.32 Å². The van der Waals surface area contributed by atoms with E-state index in [9.17, 15) is 9.90 Å². The number of hydrogen-bond acceptors (Lipinski definition) is 3. The lowest BCUT2D eigenvalue weighted by molar-refractivity contribution is 0.0937. The second-order valence-corrected chi connectivity index (χ2v) is 5.93. The number of phenols is 1. The van der Waals surface area contributed by atoms with Crippen LogP contribution in [0.5, 0.6) is 5.75 Å². The minimum absolute atomic E-state index is 0.0505. The zero-order chi connectivity index (χ0) is 14.0. The predicted octanol–water partition coefficient (Wildman–Crippen LogP) is 3.56. The number of phenolic OH excluding ortho intramolecular Hbond substituents is 1. The molecule has 2 N–H and O–H groups in total. The lowest BCUT2D eigenvalue weighted by atomic mass is 10.1. The third kappa shape index (κ3) is 2.96. The normalized spacial score (nSPS) is 12.2. The highest BCUT2D eigenvalue weighted by Crippen LogP contribution is 2.25. The molecule has 1 aromatic heterocycles. The highest BCUT2D eigenvalue weighted by Gasteiger charge is 2.16. The molecule has 1 unspecified atom stereocenters. The van der Waals surface area contributed by atoms with E-state index in [0.717, 1.165) is 4.88 Å². The van der Waals surface area contributed by atoms with Crippen LogP contribution in [0, 0.1) is 13.8 Å². The second kappa shape index (κ2) is 5.45. The summed E-state index contributed by atoms with van der Waals surface area (Å²) in [5.41, 5.74) is 1.02. The molecule has 1 heterocycles. The summed E-state index contributed by atoms with van der Waals surface area (Å²) < 4.78 is 0. The maximum absolute atomic E-state index is 12.1. The van der Waals surface area contributed by atoms with Crippen LogP contribution >= 0.6 is 11.3 Å². The van der Waals surface area contributed by atoms with Gasteiger partial charge in [0.05, 0.1) is 11.6 Å². The van der Waals surface area contributed by atoms with E-state index in [0.29, 0.717) is 11.1 Å². The molecule has 0 aliphatic carbocycles. The van der Waals surface area contributed by atoms with Crippen LogP contribution in [0.4, 0.5) is 0 Å². The number of carbonyl (C=O) groups is 1. The Morgan fingerprint density at radius 2 is 2.00 bits per heavy atom. The van der Waals surface area contributed by atoms with E-state index in [1.807, 2.05) is 26.0 Å². The number of amides is 1. The van der Waals surface area contributed by atoms with Gasteiger partial charge < -0.3 is 10.4 Å². The summed E-state index contributed by atoms with van der Waals surface area (Å²) in [6.07, 6.45) is 0. The van der Waals surface area contributed by atoms with Crippen LogP contribution in [-0.4, -0.2) is 11.0 Å². The molecular formula is C15H17NO2S. The minimum Gasteiger partial charge on any atom is -0.507 e. The van der Waals surface area contributed by atoms with Crippen molar-refractivity contribution in [3.05, 3.63) is 51.2 Å². The number of benzene rings is 1. The van der Waals surface area contributed by atoms with E-state index in [-0.39, 0.29) is 17.7 Å². The fourth-order valence-electron chi connectivity index (χ4n) is 1.87. The molecule has 3 nitrogen and oxygen atoms in total. The Morgan fingerprint density at radius 1 is 1.26 bits per heavy atom. The number of para-hydroxylation sites is 1. The van der Waals surface area contributed by atoms with E-state index >= 15 is 0 Å². The summed E-state index contributed by atoms with van der Waals surface area (Å²) in [5, 5.41) is 12.8. The molecule has 0 bridgehead atoms. The Bertz CT molecular complexity index is 604. The molecule has 0 aliphatic heterocycles. The van der Waals surface area contributed by atoms with Gasteiger partial charge in [-0.15, -0.1) is 11.3 Å². The lowest BCUT2D eigenvalue weighted by Crippen LogP contribution is -2.26. The molecule has 19 heavy (non-hydrogen) atoms. The van der Waals surface area contributed by atoms with Gasteiger partial charge in [0.25, 0.3) is 5.91 Å². The highest BCUT2D eigenvalue weighted by molar-refractivity contribution is 7.12. The van der Waals surface area contributed by atoms with E-state index in [1.54, 1.807) is 36.5 Å². The topological polar surface area (TPSA) is 49.3 Å². The van der Waals surface area contributed by atoms with Gasteiger partial charge in [-0.3, -0.25) is 4.79 Å². The maximum atomic E-state index is 12.1. The first-order chi connectivity index (χ1) is 8.99. The van der Waals surface area contributed by atoms with Crippen molar-refractivity contribution >= 4 is 17.2 Å². The van der Waals surface area contributed by atoms with E-state index in [1.165, 1.54) is 4.88 Å². The molecule has 2 rings (SSSR count). The summed E-state index contributed by atoms with van der Waals surface area (Å²) in [6, 6.07) is 9.16. The van der Waals surface area contributed by atoms with E-state index in [2.05, 4.69) is 5.32 Å². The molecule has 1 atom stereocenters. The minimum atomic E-state index is -0.250. The monoisotopic (exact) mass is 275 g/mol. The third-order valence-corrected chi connectivity index (χ3v) is 4.20. The van der Waals surface area contributed by atoms with Crippen molar-refractivity contribution < 1.29 is 9.90 Å². The van der Waals surface area contributed by atoms with E-state index < -0.39 is 0 Å². The van der Waals surface area contributed by atoms with Crippen molar-refractivity contribution in [3.8, 4) is 5.75 Å². The average Bonchev–Trinajstić information content (AvgIpc) is 2.79. The fourth-order valence-corrected chi connectivity index (χ4v) is 2.75. The molecule has 0 saturated heterocycles. The Morgan fingerprint density at radius 3 is 2.63 bits per heavy atom. The van der Waals surface area contributed by atoms with Crippen molar-refractivity contribution in [2.75, 3.05) is 0 Å². The van der Waals surface area contributed by atoms with Gasteiger partial charge in [-0.2, -0.15) is 0 Å². The summed E-state index contributed by atoms with van der Waals surface area (Å²) in [6.45, 7) is 5.75. The molecule has 1 amide bonds. The van der Waals surface area contributed by atoms with Gasteiger partial charge in [0.2, 0.25) is 0 Å². The van der Waals surface area contributed by atoms with Crippen LogP contribution in [0.3, 0.4) is 0 Å². The molecule has 0 radical (unpaired) electrons. The second-order valence-electron chi connectivity index (χ2n) is 4.61. The van der Waals surface area contributed by atoms with Crippen LogP contribution in [-0.2, 0) is 0 Å². The molecular weight excluding hydrogens is 258 g/mol. The molecule has 0 spiro atoms. The van der Waals surface area contributed by atoms with Crippen molar-refractivity contribution in [1.82, 2.24) is 5.32 Å². The first-order valence-corrected chi connectivity index (χ1v) is 6.96. The maximum Gasteiger partial charge on any atom is 0.255 e. The molecule has 2 aromatic rings. The van der Waals surface area contributed by atoms with E-state index in [4.69, 9.17) is 0 Å². The summed E-state index contributed by atoms with van der Waals surface area (Å²) in [5.74, 6) is -0.200. The molecule has 4 heteroatoms. The first-order valence-electron chi connectivity index (χ1n) is 6.15. The van der Waals surface area contributed by atoms with Crippen molar-refractivity contribution in [2.24, 2.45) is 0 Å². The Balaban J connectivity index is 2.15. The van der Waals surface area contributed by atoms with Crippen molar-refractivity contribution in [2.45, 2.75) is 26.8 Å². The van der Waals surface area contributed by atoms with Gasteiger partial charge in [0, 0.05) is 9.75 Å². The standard InChI is InChI=1S/C15H17NO2S/c1-9-5-4-6-12(14(9)17)15(18)16-11(3)13-8-7-10(2)19-13/h4-8,11,17H,1-3H3,(H,16,18). The Hall–Kier alpha value is -1.81. The van der Waals surface area contributed by atoms with Gasteiger partial charge >= 0.3 is 0 Å². The average molecular weight is 275 g/mol. The van der Waals surface area contributed by atoms with Gasteiger partial charge in [0.1, 0.15) is 5.75 Å².